The van der Waals surface area contributed by atoms with E-state index in [2.05, 4.69) is 40.8 Å². The molecule has 1 fully saturated rings. The number of hydrogen-bond acceptors (Lipinski definition) is 2. The summed E-state index contributed by atoms with van der Waals surface area (Å²) in [6.45, 7) is 1.79. The molecule has 1 aromatic carbocycles. The molecule has 19 heavy (non-hydrogen) atoms. The molecular weight excluding hydrogens is 236 g/mol. The van der Waals surface area contributed by atoms with Crippen LogP contribution in [-0.4, -0.2) is 22.7 Å². The fraction of sp³-hybridized carbons (Fsp3) is 0.500. The van der Waals surface area contributed by atoms with Crippen LogP contribution in [0.2, 0.25) is 0 Å². The fourth-order valence-electron chi connectivity index (χ4n) is 3.10. The van der Waals surface area contributed by atoms with Gasteiger partial charge in [-0.1, -0.05) is 31.0 Å². The van der Waals surface area contributed by atoms with E-state index in [0.717, 1.165) is 25.9 Å². The fourth-order valence-corrected chi connectivity index (χ4v) is 3.10. The highest BCUT2D eigenvalue weighted by Gasteiger charge is 2.22. The van der Waals surface area contributed by atoms with Gasteiger partial charge in [0.15, 0.2) is 0 Å². The maximum atomic E-state index is 9.95. The van der Waals surface area contributed by atoms with E-state index >= 15 is 0 Å². The lowest BCUT2D eigenvalue weighted by molar-refractivity contribution is 0.0695. The van der Waals surface area contributed by atoms with Crippen molar-refractivity contribution in [3.63, 3.8) is 0 Å². The maximum Gasteiger partial charge on any atom is 0.0580 e. The molecule has 0 spiro atoms. The Kier molecular flexibility index (Phi) is 3.85. The van der Waals surface area contributed by atoms with E-state index in [-0.39, 0.29) is 6.10 Å². The van der Waals surface area contributed by atoms with Crippen LogP contribution in [0, 0.1) is 5.92 Å². The number of aliphatic hydroxyl groups is 1. The largest absolute Gasteiger partial charge is 0.393 e. The van der Waals surface area contributed by atoms with Crippen LogP contribution in [0.3, 0.4) is 0 Å². The first-order valence-electron chi connectivity index (χ1n) is 7.28. The molecule has 0 radical (unpaired) electrons. The Bertz CT molecular complexity index is 534. The van der Waals surface area contributed by atoms with Crippen molar-refractivity contribution in [1.82, 2.24) is 10.3 Å². The lowest BCUT2D eigenvalue weighted by Gasteiger charge is -2.27. The zero-order valence-corrected chi connectivity index (χ0v) is 11.2. The van der Waals surface area contributed by atoms with Crippen molar-refractivity contribution in [1.29, 1.82) is 0 Å². The second kappa shape index (κ2) is 5.76. The van der Waals surface area contributed by atoms with Crippen LogP contribution in [0.4, 0.5) is 0 Å². The average molecular weight is 258 g/mol. The Labute approximate surface area is 114 Å². The van der Waals surface area contributed by atoms with E-state index in [4.69, 9.17) is 0 Å². The highest BCUT2D eigenvalue weighted by molar-refractivity contribution is 5.82. The smallest absolute Gasteiger partial charge is 0.0580 e. The van der Waals surface area contributed by atoms with Gasteiger partial charge in [-0.15, -0.1) is 0 Å². The van der Waals surface area contributed by atoms with Gasteiger partial charge >= 0.3 is 0 Å². The van der Waals surface area contributed by atoms with Crippen molar-refractivity contribution >= 4 is 10.9 Å². The Morgan fingerprint density at radius 3 is 2.95 bits per heavy atom. The number of fused-ring (bicyclic) bond motifs is 1. The molecule has 3 nitrogen and oxygen atoms in total. The van der Waals surface area contributed by atoms with Crippen molar-refractivity contribution in [3.8, 4) is 0 Å². The van der Waals surface area contributed by atoms with Gasteiger partial charge in [-0.2, -0.15) is 0 Å². The molecule has 2 unspecified atom stereocenters. The normalized spacial score (nSPS) is 23.8. The van der Waals surface area contributed by atoms with Crippen LogP contribution in [0.15, 0.2) is 30.5 Å². The van der Waals surface area contributed by atoms with Gasteiger partial charge in [-0.3, -0.25) is 0 Å². The quantitative estimate of drug-likeness (QED) is 0.789. The standard InChI is InChI=1S/C16H22N2O/c19-16-8-4-1-5-12(16)9-17-10-13-11-18-15-7-3-2-6-14(13)15/h2-3,6-7,11-12,16-19H,1,4-5,8-10H2. The van der Waals surface area contributed by atoms with Gasteiger partial charge in [0.05, 0.1) is 6.10 Å². The number of aliphatic hydroxyl groups excluding tert-OH is 1. The van der Waals surface area contributed by atoms with Crippen molar-refractivity contribution in [2.24, 2.45) is 5.92 Å². The molecule has 0 amide bonds. The molecule has 3 N–H and O–H groups in total. The van der Waals surface area contributed by atoms with Crippen molar-refractivity contribution < 1.29 is 5.11 Å². The number of nitrogens with one attached hydrogen (secondary N) is 2. The predicted octanol–water partition coefficient (Wildman–Crippen LogP) is 2.81. The van der Waals surface area contributed by atoms with E-state index in [9.17, 15) is 5.11 Å². The first kappa shape index (κ1) is 12.7. The Morgan fingerprint density at radius 2 is 2.05 bits per heavy atom. The molecule has 0 bridgehead atoms. The summed E-state index contributed by atoms with van der Waals surface area (Å²) in [5.41, 5.74) is 2.50. The summed E-state index contributed by atoms with van der Waals surface area (Å²) in [5.74, 6) is 0.430. The first-order valence-corrected chi connectivity index (χ1v) is 7.28. The number of aromatic amines is 1. The molecule has 102 valence electrons. The van der Waals surface area contributed by atoms with Gasteiger partial charge in [-0.05, 0) is 30.4 Å². The molecule has 3 heteroatoms. The van der Waals surface area contributed by atoms with Gasteiger partial charge < -0.3 is 15.4 Å². The second-order valence-corrected chi connectivity index (χ2v) is 5.60. The molecule has 0 saturated heterocycles. The summed E-state index contributed by atoms with van der Waals surface area (Å²) in [7, 11) is 0. The average Bonchev–Trinajstić information content (AvgIpc) is 2.85. The molecule has 0 aliphatic heterocycles. The molecule has 1 aliphatic carbocycles. The molecule has 1 aliphatic rings. The minimum Gasteiger partial charge on any atom is -0.393 e. The maximum absolute atomic E-state index is 9.95. The monoisotopic (exact) mass is 258 g/mol. The SMILES string of the molecule is OC1CCCCC1CNCc1c[nH]c2ccccc12. The predicted molar refractivity (Wildman–Crippen MR) is 78.0 cm³/mol. The van der Waals surface area contributed by atoms with Gasteiger partial charge in [0, 0.05) is 30.2 Å². The third kappa shape index (κ3) is 2.82. The molecular formula is C16H22N2O. The first-order chi connectivity index (χ1) is 9.34. The van der Waals surface area contributed by atoms with Crippen LogP contribution in [0.5, 0.6) is 0 Å². The highest BCUT2D eigenvalue weighted by atomic mass is 16.3. The van der Waals surface area contributed by atoms with E-state index in [1.807, 2.05) is 0 Å². The third-order valence-corrected chi connectivity index (χ3v) is 4.27. The summed E-state index contributed by atoms with van der Waals surface area (Å²) in [6.07, 6.45) is 6.54. The van der Waals surface area contributed by atoms with Gasteiger partial charge in [-0.25, -0.2) is 0 Å². The highest BCUT2D eigenvalue weighted by Crippen LogP contribution is 2.24. The molecule has 1 saturated carbocycles. The number of hydrogen-bond donors (Lipinski definition) is 3. The zero-order valence-electron chi connectivity index (χ0n) is 11.2. The van der Waals surface area contributed by atoms with Crippen molar-refractivity contribution in [2.45, 2.75) is 38.3 Å². The third-order valence-electron chi connectivity index (χ3n) is 4.27. The van der Waals surface area contributed by atoms with E-state index in [0.29, 0.717) is 5.92 Å². The Hall–Kier alpha value is -1.32. The molecule has 1 heterocycles. The van der Waals surface area contributed by atoms with Crippen LogP contribution >= 0.6 is 0 Å². The number of H-pyrrole nitrogens is 1. The topological polar surface area (TPSA) is 48.0 Å². The Balaban J connectivity index is 1.57. The summed E-state index contributed by atoms with van der Waals surface area (Å²) < 4.78 is 0. The number of rotatable bonds is 4. The van der Waals surface area contributed by atoms with E-state index < -0.39 is 0 Å². The lowest BCUT2D eigenvalue weighted by Crippen LogP contribution is -2.33. The number of aromatic nitrogens is 1. The van der Waals surface area contributed by atoms with Crippen LogP contribution in [-0.2, 0) is 6.54 Å². The van der Waals surface area contributed by atoms with Gasteiger partial charge in [0.2, 0.25) is 0 Å². The summed E-state index contributed by atoms with van der Waals surface area (Å²) in [5, 5.41) is 14.7. The van der Waals surface area contributed by atoms with Crippen LogP contribution in [0.25, 0.3) is 10.9 Å². The Morgan fingerprint density at radius 1 is 1.21 bits per heavy atom. The van der Waals surface area contributed by atoms with Crippen molar-refractivity contribution in [3.05, 3.63) is 36.0 Å². The molecule has 2 aromatic rings. The van der Waals surface area contributed by atoms with Crippen LogP contribution in [0.1, 0.15) is 31.2 Å². The summed E-state index contributed by atoms with van der Waals surface area (Å²) in [6, 6.07) is 8.38. The van der Waals surface area contributed by atoms with E-state index in [1.54, 1.807) is 0 Å². The molecule has 1 aromatic heterocycles. The minimum absolute atomic E-state index is 0.107. The lowest BCUT2D eigenvalue weighted by atomic mass is 9.86. The van der Waals surface area contributed by atoms with Gasteiger partial charge in [0.25, 0.3) is 0 Å². The summed E-state index contributed by atoms with van der Waals surface area (Å²) >= 11 is 0. The van der Waals surface area contributed by atoms with E-state index in [1.165, 1.54) is 29.3 Å². The number of para-hydroxylation sites is 1. The van der Waals surface area contributed by atoms with Crippen LogP contribution < -0.4 is 5.32 Å². The molecule has 2 atom stereocenters. The summed E-state index contributed by atoms with van der Waals surface area (Å²) in [4.78, 5) is 3.30. The molecule has 3 rings (SSSR count). The zero-order chi connectivity index (χ0) is 13.1. The van der Waals surface area contributed by atoms with Crippen molar-refractivity contribution in [2.75, 3.05) is 6.54 Å². The second-order valence-electron chi connectivity index (χ2n) is 5.60. The van der Waals surface area contributed by atoms with Gasteiger partial charge in [0.1, 0.15) is 0 Å². The number of benzene rings is 1. The minimum atomic E-state index is -0.107.